The molecule has 1 unspecified atom stereocenters. The topological polar surface area (TPSA) is 89.3 Å². The van der Waals surface area contributed by atoms with Crippen molar-refractivity contribution in [3.05, 3.63) is 101 Å². The van der Waals surface area contributed by atoms with Gasteiger partial charge in [0.1, 0.15) is 0 Å². The molecule has 0 amide bonds. The van der Waals surface area contributed by atoms with Gasteiger partial charge in [-0.3, -0.25) is 4.79 Å². The Morgan fingerprint density at radius 1 is 0.903 bits per heavy atom. The Morgan fingerprint density at radius 2 is 1.55 bits per heavy atom. The summed E-state index contributed by atoms with van der Waals surface area (Å²) in [7, 11) is -3.85. The van der Waals surface area contributed by atoms with E-state index in [9.17, 15) is 13.2 Å². The third kappa shape index (κ3) is 6.34. The first-order chi connectivity index (χ1) is 14.7. The lowest BCUT2D eigenvalue weighted by Gasteiger charge is -2.23. The predicted octanol–water partition coefficient (Wildman–Crippen LogP) is 4.09. The van der Waals surface area contributed by atoms with Crippen LogP contribution in [-0.2, 0) is 16.4 Å². The van der Waals surface area contributed by atoms with Crippen molar-refractivity contribution in [2.45, 2.75) is 31.2 Å². The number of rotatable bonds is 9. The first-order valence-corrected chi connectivity index (χ1v) is 11.8. The third-order valence-corrected chi connectivity index (χ3v) is 6.13. The summed E-state index contributed by atoms with van der Waals surface area (Å²) >= 11 is 0. The quantitative estimate of drug-likeness (QED) is 0.494. The van der Waals surface area contributed by atoms with E-state index in [0.717, 1.165) is 12.0 Å². The molecule has 0 heterocycles. The van der Waals surface area contributed by atoms with E-state index in [1.807, 2.05) is 18.2 Å². The van der Waals surface area contributed by atoms with E-state index in [1.54, 1.807) is 6.07 Å². The predicted molar refractivity (Wildman–Crippen MR) is 123 cm³/mol. The minimum atomic E-state index is -3.85. The summed E-state index contributed by atoms with van der Waals surface area (Å²) in [6, 6.07) is 24.6. The number of carbonyl (C=O) groups is 1. The van der Waals surface area contributed by atoms with Crippen LogP contribution < -0.4 is 10.5 Å². The average molecular weight is 437 g/mol. The molecule has 0 aliphatic carbocycles. The van der Waals surface area contributed by atoms with Crippen molar-refractivity contribution in [3.8, 4) is 0 Å². The van der Waals surface area contributed by atoms with Crippen molar-refractivity contribution < 1.29 is 13.2 Å². The van der Waals surface area contributed by atoms with Crippen molar-refractivity contribution in [2.24, 2.45) is 11.1 Å². The van der Waals surface area contributed by atoms with E-state index in [-0.39, 0.29) is 29.2 Å². The zero-order valence-corrected chi connectivity index (χ0v) is 18.6. The molecule has 0 saturated carbocycles. The van der Waals surface area contributed by atoms with Crippen LogP contribution in [-0.4, -0.2) is 20.7 Å². The van der Waals surface area contributed by atoms with E-state index in [2.05, 4.69) is 55.6 Å². The lowest BCUT2D eigenvalue weighted by molar-refractivity contribution is 0.0984. The van der Waals surface area contributed by atoms with Crippen molar-refractivity contribution in [3.63, 3.8) is 0 Å². The smallest absolute Gasteiger partial charge is 0.238 e. The molecular weight excluding hydrogens is 408 g/mol. The first-order valence-electron chi connectivity index (χ1n) is 10.3. The van der Waals surface area contributed by atoms with Crippen LogP contribution in [0.3, 0.4) is 0 Å². The normalized spacial score (nSPS) is 12.6. The van der Waals surface area contributed by atoms with Gasteiger partial charge in [-0.15, -0.1) is 0 Å². The SMILES string of the molecule is CC(C)C(NCC(=O)c1cccc(S(N)(=O)=O)c1)c1ccc(Cc2ccccc2)cc1. The second-order valence-corrected chi connectivity index (χ2v) is 9.56. The maximum absolute atomic E-state index is 12.6. The lowest BCUT2D eigenvalue weighted by atomic mass is 9.94. The van der Waals surface area contributed by atoms with E-state index < -0.39 is 10.0 Å². The third-order valence-electron chi connectivity index (χ3n) is 5.22. The van der Waals surface area contributed by atoms with Gasteiger partial charge in [0, 0.05) is 11.6 Å². The Balaban J connectivity index is 1.68. The van der Waals surface area contributed by atoms with E-state index in [1.165, 1.54) is 29.3 Å². The first kappa shape index (κ1) is 22.9. The number of ketones is 1. The summed E-state index contributed by atoms with van der Waals surface area (Å²) in [6.45, 7) is 4.30. The van der Waals surface area contributed by atoms with E-state index >= 15 is 0 Å². The molecule has 3 aromatic rings. The van der Waals surface area contributed by atoms with Gasteiger partial charge in [0.15, 0.2) is 5.78 Å². The van der Waals surface area contributed by atoms with E-state index in [0.29, 0.717) is 5.56 Å². The van der Waals surface area contributed by atoms with Crippen LogP contribution in [0, 0.1) is 5.92 Å². The van der Waals surface area contributed by atoms with E-state index in [4.69, 9.17) is 5.14 Å². The fourth-order valence-electron chi connectivity index (χ4n) is 3.56. The number of benzene rings is 3. The van der Waals surface area contributed by atoms with Gasteiger partial charge >= 0.3 is 0 Å². The Hall–Kier alpha value is -2.80. The Labute approximate surface area is 184 Å². The van der Waals surface area contributed by atoms with Gasteiger partial charge in [0.25, 0.3) is 0 Å². The maximum Gasteiger partial charge on any atom is 0.238 e. The summed E-state index contributed by atoms with van der Waals surface area (Å²) in [5.74, 6) is 0.0837. The molecule has 0 saturated heterocycles. The minimum Gasteiger partial charge on any atom is -0.303 e. The number of hydrogen-bond acceptors (Lipinski definition) is 4. The molecule has 162 valence electrons. The van der Waals surface area contributed by atoms with Crippen LogP contribution in [0.1, 0.15) is 46.9 Å². The highest BCUT2D eigenvalue weighted by atomic mass is 32.2. The number of nitrogens with one attached hydrogen (secondary N) is 1. The number of nitrogens with two attached hydrogens (primary N) is 1. The minimum absolute atomic E-state index is 0.00357. The largest absolute Gasteiger partial charge is 0.303 e. The number of sulfonamides is 1. The molecule has 0 aliphatic rings. The molecule has 0 fully saturated rings. The molecule has 3 aromatic carbocycles. The monoisotopic (exact) mass is 436 g/mol. The summed E-state index contributed by atoms with van der Waals surface area (Å²) in [5.41, 5.74) is 3.92. The Bertz CT molecular complexity index is 1120. The molecule has 31 heavy (non-hydrogen) atoms. The molecular formula is C25H28N2O3S. The van der Waals surface area contributed by atoms with Gasteiger partial charge in [-0.2, -0.15) is 0 Å². The second-order valence-electron chi connectivity index (χ2n) is 8.00. The standard InChI is InChI=1S/C25H28N2O3S/c1-18(2)25(21-13-11-20(12-14-21)15-19-7-4-3-5-8-19)27-17-24(28)22-9-6-10-23(16-22)31(26,29)30/h3-14,16,18,25,27H,15,17H2,1-2H3,(H2,26,29,30). The Kier molecular flexibility index (Phi) is 7.38. The highest BCUT2D eigenvalue weighted by molar-refractivity contribution is 7.89. The van der Waals surface area contributed by atoms with Crippen molar-refractivity contribution in [1.82, 2.24) is 5.32 Å². The van der Waals surface area contributed by atoms with Gasteiger partial charge in [-0.05, 0) is 41.2 Å². The number of primary sulfonamides is 1. The molecule has 0 radical (unpaired) electrons. The zero-order chi connectivity index (χ0) is 22.4. The van der Waals surface area contributed by atoms with Crippen molar-refractivity contribution in [1.29, 1.82) is 0 Å². The number of hydrogen-bond donors (Lipinski definition) is 2. The van der Waals surface area contributed by atoms with Crippen LogP contribution >= 0.6 is 0 Å². The van der Waals surface area contributed by atoms with Crippen LogP contribution in [0.5, 0.6) is 0 Å². The fourth-order valence-corrected chi connectivity index (χ4v) is 4.12. The van der Waals surface area contributed by atoms with Crippen LogP contribution in [0.2, 0.25) is 0 Å². The average Bonchev–Trinajstić information content (AvgIpc) is 2.75. The molecule has 0 spiro atoms. The highest BCUT2D eigenvalue weighted by Gasteiger charge is 2.18. The van der Waals surface area contributed by atoms with Gasteiger partial charge in [-0.1, -0.05) is 80.6 Å². The highest BCUT2D eigenvalue weighted by Crippen LogP contribution is 2.23. The van der Waals surface area contributed by atoms with Crippen molar-refractivity contribution >= 4 is 15.8 Å². The molecule has 5 nitrogen and oxygen atoms in total. The molecule has 3 rings (SSSR count). The second kappa shape index (κ2) is 10.0. The summed E-state index contributed by atoms with van der Waals surface area (Å²) in [6.07, 6.45) is 0.875. The fraction of sp³-hybridized carbons (Fsp3) is 0.240. The lowest BCUT2D eigenvalue weighted by Crippen LogP contribution is -2.31. The number of carbonyl (C=O) groups excluding carboxylic acids is 1. The molecule has 0 bridgehead atoms. The van der Waals surface area contributed by atoms with Crippen LogP contribution in [0.4, 0.5) is 0 Å². The van der Waals surface area contributed by atoms with Gasteiger partial charge in [-0.25, -0.2) is 13.6 Å². The summed E-state index contributed by atoms with van der Waals surface area (Å²) in [4.78, 5) is 12.6. The summed E-state index contributed by atoms with van der Waals surface area (Å²) in [5, 5.41) is 8.50. The number of Topliss-reactive ketones (excluding diaryl/α,β-unsaturated/α-hetero) is 1. The Morgan fingerprint density at radius 3 is 2.16 bits per heavy atom. The molecule has 1 atom stereocenters. The van der Waals surface area contributed by atoms with Gasteiger partial charge in [0.2, 0.25) is 10.0 Å². The summed E-state index contributed by atoms with van der Waals surface area (Å²) < 4.78 is 23.1. The van der Waals surface area contributed by atoms with Crippen molar-refractivity contribution in [2.75, 3.05) is 6.54 Å². The molecule has 3 N–H and O–H groups in total. The van der Waals surface area contributed by atoms with Crippen LogP contribution in [0.25, 0.3) is 0 Å². The maximum atomic E-state index is 12.6. The molecule has 6 heteroatoms. The van der Waals surface area contributed by atoms with Gasteiger partial charge in [0.05, 0.1) is 11.4 Å². The van der Waals surface area contributed by atoms with Gasteiger partial charge < -0.3 is 5.32 Å². The zero-order valence-electron chi connectivity index (χ0n) is 17.8. The molecule has 0 aliphatic heterocycles. The molecule has 0 aromatic heterocycles. The van der Waals surface area contributed by atoms with Crippen LogP contribution in [0.15, 0.2) is 83.8 Å².